The van der Waals surface area contributed by atoms with Crippen molar-refractivity contribution in [2.75, 3.05) is 13.1 Å². The zero-order chi connectivity index (χ0) is 16.1. The summed E-state index contributed by atoms with van der Waals surface area (Å²) in [4.78, 5) is 24.8. The van der Waals surface area contributed by atoms with Gasteiger partial charge >= 0.3 is 5.97 Å². The maximum Gasteiger partial charge on any atom is 0.303 e. The van der Waals surface area contributed by atoms with Crippen LogP contribution >= 0.6 is 15.9 Å². The zero-order valence-electron chi connectivity index (χ0n) is 12.2. The molecule has 1 aliphatic heterocycles. The molecule has 0 saturated carbocycles. The van der Waals surface area contributed by atoms with Gasteiger partial charge < -0.3 is 10.0 Å². The second-order valence-corrected chi connectivity index (χ2v) is 6.56. The molecule has 0 aromatic heterocycles. The van der Waals surface area contributed by atoms with Gasteiger partial charge in [-0.1, -0.05) is 6.07 Å². The van der Waals surface area contributed by atoms with Crippen molar-refractivity contribution in [3.8, 4) is 0 Å². The lowest BCUT2D eigenvalue weighted by Gasteiger charge is -2.32. The van der Waals surface area contributed by atoms with Crippen LogP contribution in [0, 0.1) is 11.7 Å². The molecule has 1 amide bonds. The Labute approximate surface area is 137 Å². The van der Waals surface area contributed by atoms with Crippen molar-refractivity contribution in [2.45, 2.75) is 32.1 Å². The smallest absolute Gasteiger partial charge is 0.303 e. The number of rotatable bonds is 5. The average molecular weight is 372 g/mol. The molecule has 1 saturated heterocycles. The van der Waals surface area contributed by atoms with Crippen molar-refractivity contribution in [3.63, 3.8) is 0 Å². The van der Waals surface area contributed by atoms with E-state index >= 15 is 0 Å². The van der Waals surface area contributed by atoms with Crippen LogP contribution in [0.1, 0.15) is 31.2 Å². The Kier molecular flexibility index (Phi) is 5.94. The zero-order valence-corrected chi connectivity index (χ0v) is 13.8. The molecule has 0 spiro atoms. The highest BCUT2D eigenvalue weighted by atomic mass is 79.9. The fraction of sp³-hybridized carbons (Fsp3) is 0.500. The minimum Gasteiger partial charge on any atom is -0.481 e. The van der Waals surface area contributed by atoms with Gasteiger partial charge in [0.1, 0.15) is 5.82 Å². The molecular formula is C16H19BrFNO3. The second-order valence-electron chi connectivity index (χ2n) is 5.71. The third kappa shape index (κ3) is 4.80. The number of hydrogen-bond donors (Lipinski definition) is 1. The first-order valence-electron chi connectivity index (χ1n) is 7.39. The van der Waals surface area contributed by atoms with E-state index in [1.807, 2.05) is 0 Å². The molecule has 0 bridgehead atoms. The van der Waals surface area contributed by atoms with Crippen LogP contribution in [0.3, 0.4) is 0 Å². The SMILES string of the molecule is O=C(O)CC[C@@H]1CCCN(C(=O)Cc2ccc(F)c(Br)c2)C1. The molecule has 4 nitrogen and oxygen atoms in total. The number of carbonyl (C=O) groups is 2. The molecule has 1 aliphatic rings. The van der Waals surface area contributed by atoms with E-state index in [1.165, 1.54) is 6.07 Å². The van der Waals surface area contributed by atoms with Gasteiger partial charge in [-0.3, -0.25) is 9.59 Å². The standard InChI is InChI=1S/C16H19BrFNO3/c17-13-8-12(3-5-14(13)18)9-15(20)19-7-1-2-11(10-19)4-6-16(21)22/h3,5,8,11H,1-2,4,6-7,9-10H2,(H,21,22)/t11-/m0/s1. The Hall–Kier alpha value is -1.43. The molecule has 6 heteroatoms. The van der Waals surface area contributed by atoms with Crippen LogP contribution in [0.25, 0.3) is 0 Å². The summed E-state index contributed by atoms with van der Waals surface area (Å²) in [7, 11) is 0. The quantitative estimate of drug-likeness (QED) is 0.864. The number of amides is 1. The third-order valence-electron chi connectivity index (χ3n) is 3.98. The number of piperidine rings is 1. The van der Waals surface area contributed by atoms with Crippen LogP contribution in [0.15, 0.2) is 22.7 Å². The van der Waals surface area contributed by atoms with E-state index in [4.69, 9.17) is 5.11 Å². The Balaban J connectivity index is 1.91. The largest absolute Gasteiger partial charge is 0.481 e. The highest BCUT2D eigenvalue weighted by molar-refractivity contribution is 9.10. The number of likely N-dealkylation sites (tertiary alicyclic amines) is 1. The number of nitrogens with zero attached hydrogens (tertiary/aromatic N) is 1. The number of carboxylic acids is 1. The van der Waals surface area contributed by atoms with Gasteiger partial charge in [0.15, 0.2) is 0 Å². The highest BCUT2D eigenvalue weighted by Gasteiger charge is 2.24. The Bertz CT molecular complexity index is 564. The number of hydrogen-bond acceptors (Lipinski definition) is 2. The molecule has 0 radical (unpaired) electrons. The summed E-state index contributed by atoms with van der Waals surface area (Å²) in [5, 5.41) is 8.75. The summed E-state index contributed by atoms with van der Waals surface area (Å²) in [5.41, 5.74) is 0.769. The summed E-state index contributed by atoms with van der Waals surface area (Å²) in [6.45, 7) is 1.33. The molecule has 1 aromatic carbocycles. The molecule has 22 heavy (non-hydrogen) atoms. The van der Waals surface area contributed by atoms with Crippen LogP contribution in [-0.4, -0.2) is 35.0 Å². The minimum absolute atomic E-state index is 0.0125. The minimum atomic E-state index is -0.792. The predicted molar refractivity (Wildman–Crippen MR) is 84.0 cm³/mol. The van der Waals surface area contributed by atoms with E-state index in [9.17, 15) is 14.0 Å². The van der Waals surface area contributed by atoms with Crippen molar-refractivity contribution in [2.24, 2.45) is 5.92 Å². The highest BCUT2D eigenvalue weighted by Crippen LogP contribution is 2.22. The molecule has 2 rings (SSSR count). The van der Waals surface area contributed by atoms with E-state index in [1.54, 1.807) is 17.0 Å². The van der Waals surface area contributed by atoms with Gasteiger partial charge in [0, 0.05) is 19.5 Å². The van der Waals surface area contributed by atoms with Crippen molar-refractivity contribution in [1.29, 1.82) is 0 Å². The fourth-order valence-electron chi connectivity index (χ4n) is 2.79. The summed E-state index contributed by atoms with van der Waals surface area (Å²) in [6, 6.07) is 4.58. The fourth-order valence-corrected chi connectivity index (χ4v) is 3.22. The molecule has 120 valence electrons. The van der Waals surface area contributed by atoms with Crippen LogP contribution in [-0.2, 0) is 16.0 Å². The summed E-state index contributed by atoms with van der Waals surface area (Å²) in [5.74, 6) is -0.866. The maximum atomic E-state index is 13.2. The normalized spacial score (nSPS) is 18.3. The topological polar surface area (TPSA) is 57.6 Å². The molecule has 1 heterocycles. The molecule has 1 N–H and O–H groups in total. The van der Waals surface area contributed by atoms with Crippen LogP contribution < -0.4 is 0 Å². The van der Waals surface area contributed by atoms with E-state index in [0.717, 1.165) is 18.4 Å². The number of aliphatic carboxylic acids is 1. The number of carboxylic acid groups (broad SMARTS) is 1. The van der Waals surface area contributed by atoms with Gasteiger partial charge in [-0.15, -0.1) is 0 Å². The lowest BCUT2D eigenvalue weighted by atomic mass is 9.93. The number of carbonyl (C=O) groups excluding carboxylic acids is 1. The predicted octanol–water partition coefficient (Wildman–Crippen LogP) is 3.23. The first-order chi connectivity index (χ1) is 10.5. The Morgan fingerprint density at radius 2 is 2.18 bits per heavy atom. The lowest BCUT2D eigenvalue weighted by Crippen LogP contribution is -2.40. The van der Waals surface area contributed by atoms with Crippen molar-refractivity contribution < 1.29 is 19.1 Å². The van der Waals surface area contributed by atoms with E-state index in [0.29, 0.717) is 24.0 Å². The average Bonchev–Trinajstić information content (AvgIpc) is 2.49. The number of benzene rings is 1. The van der Waals surface area contributed by atoms with Gasteiger partial charge in [-0.2, -0.15) is 0 Å². The van der Waals surface area contributed by atoms with Crippen LogP contribution in [0.2, 0.25) is 0 Å². The lowest BCUT2D eigenvalue weighted by molar-refractivity contribution is -0.137. The number of halogens is 2. The first-order valence-corrected chi connectivity index (χ1v) is 8.18. The monoisotopic (exact) mass is 371 g/mol. The summed E-state index contributed by atoms with van der Waals surface area (Å²) in [6.07, 6.45) is 2.88. The maximum absolute atomic E-state index is 13.2. The third-order valence-corrected chi connectivity index (χ3v) is 4.59. The molecule has 0 aliphatic carbocycles. The molecule has 1 fully saturated rings. The van der Waals surface area contributed by atoms with Crippen molar-refractivity contribution in [3.05, 3.63) is 34.1 Å². The summed E-state index contributed by atoms with van der Waals surface area (Å²) < 4.78 is 13.6. The summed E-state index contributed by atoms with van der Waals surface area (Å²) >= 11 is 3.12. The van der Waals surface area contributed by atoms with Gasteiger partial charge in [0.25, 0.3) is 0 Å². The first kappa shape index (κ1) is 16.9. The molecular weight excluding hydrogens is 353 g/mol. The Morgan fingerprint density at radius 1 is 1.41 bits per heavy atom. The van der Waals surface area contributed by atoms with Crippen molar-refractivity contribution in [1.82, 2.24) is 4.90 Å². The van der Waals surface area contributed by atoms with E-state index in [-0.39, 0.29) is 30.5 Å². The van der Waals surface area contributed by atoms with Crippen LogP contribution in [0.4, 0.5) is 4.39 Å². The molecule has 0 unspecified atom stereocenters. The Morgan fingerprint density at radius 3 is 2.86 bits per heavy atom. The molecule has 1 aromatic rings. The van der Waals surface area contributed by atoms with Gasteiger partial charge in [0.05, 0.1) is 10.9 Å². The van der Waals surface area contributed by atoms with E-state index in [2.05, 4.69) is 15.9 Å². The van der Waals surface area contributed by atoms with Gasteiger partial charge in [-0.05, 0) is 58.8 Å². The van der Waals surface area contributed by atoms with Crippen molar-refractivity contribution >= 4 is 27.8 Å². The van der Waals surface area contributed by atoms with Gasteiger partial charge in [-0.25, -0.2) is 4.39 Å². The molecule has 1 atom stereocenters. The van der Waals surface area contributed by atoms with Crippen LogP contribution in [0.5, 0.6) is 0 Å². The van der Waals surface area contributed by atoms with Gasteiger partial charge in [0.2, 0.25) is 5.91 Å². The van der Waals surface area contributed by atoms with E-state index < -0.39 is 5.97 Å². The second kappa shape index (κ2) is 7.72.